The van der Waals surface area contributed by atoms with Crippen molar-refractivity contribution in [3.05, 3.63) is 59.4 Å². The van der Waals surface area contributed by atoms with Gasteiger partial charge in [0.05, 0.1) is 5.69 Å². The van der Waals surface area contributed by atoms with Crippen molar-refractivity contribution in [3.8, 4) is 5.75 Å². The number of likely N-dealkylation sites (tertiary alicyclic amines) is 1. The van der Waals surface area contributed by atoms with Gasteiger partial charge >= 0.3 is 0 Å². The van der Waals surface area contributed by atoms with Gasteiger partial charge in [-0.1, -0.05) is 103 Å². The van der Waals surface area contributed by atoms with E-state index < -0.39 is 0 Å². The number of ketones is 1. The van der Waals surface area contributed by atoms with Gasteiger partial charge in [0.25, 0.3) is 0 Å². The summed E-state index contributed by atoms with van der Waals surface area (Å²) in [7, 11) is 0. The second kappa shape index (κ2) is 19.9. The van der Waals surface area contributed by atoms with E-state index in [4.69, 9.17) is 0 Å². The minimum atomic E-state index is -0.313. The molecule has 2 N–H and O–H groups in total. The number of phenolic OH excluding ortho intramolecular Hbond substituents is 1. The van der Waals surface area contributed by atoms with Crippen molar-refractivity contribution >= 4 is 11.5 Å². The molecule has 0 saturated carbocycles. The van der Waals surface area contributed by atoms with Crippen LogP contribution in [0.25, 0.3) is 0 Å². The maximum atomic E-state index is 13.2. The summed E-state index contributed by atoms with van der Waals surface area (Å²) in [5, 5.41) is 14.5. The maximum Gasteiger partial charge on any atom is 0.162 e. The van der Waals surface area contributed by atoms with Crippen LogP contribution in [-0.2, 0) is 0 Å². The highest BCUT2D eigenvalue weighted by molar-refractivity contribution is 5.95. The Morgan fingerprint density at radius 1 is 0.822 bits per heavy atom. The number of nitrogens with zero attached hydrogens (tertiary/aromatic N) is 2. The number of aromatic hydroxyl groups is 1. The van der Waals surface area contributed by atoms with Crippen LogP contribution in [0.3, 0.4) is 0 Å². The van der Waals surface area contributed by atoms with Gasteiger partial charge in [0.15, 0.2) is 5.78 Å². The molecule has 1 fully saturated rings. The van der Waals surface area contributed by atoms with Crippen molar-refractivity contribution in [1.82, 2.24) is 10.2 Å². The summed E-state index contributed by atoms with van der Waals surface area (Å²) in [6.45, 7) is 8.04. The highest BCUT2D eigenvalue weighted by Gasteiger charge is 2.42. The summed E-state index contributed by atoms with van der Waals surface area (Å²) in [4.78, 5) is 17.5. The van der Waals surface area contributed by atoms with E-state index in [1.807, 2.05) is 12.1 Å². The van der Waals surface area contributed by atoms with Crippen molar-refractivity contribution in [1.29, 1.82) is 0 Å². The van der Waals surface area contributed by atoms with E-state index in [0.29, 0.717) is 29.7 Å². The number of halogens is 1. The molecule has 2 atom stereocenters. The van der Waals surface area contributed by atoms with Crippen molar-refractivity contribution in [2.45, 2.75) is 128 Å². The summed E-state index contributed by atoms with van der Waals surface area (Å²) in [5.74, 6) is 0.533. The van der Waals surface area contributed by atoms with Gasteiger partial charge < -0.3 is 20.2 Å². The van der Waals surface area contributed by atoms with Gasteiger partial charge in [-0.25, -0.2) is 4.39 Å². The van der Waals surface area contributed by atoms with Crippen molar-refractivity contribution < 1.29 is 14.3 Å². The fraction of sp³-hybridized carbons (Fsp3) is 0.667. The zero-order chi connectivity index (χ0) is 31.7. The molecule has 250 valence electrons. The number of unbranched alkanes of at least 4 members (excludes halogenated alkanes) is 13. The van der Waals surface area contributed by atoms with Crippen LogP contribution >= 0.6 is 0 Å². The van der Waals surface area contributed by atoms with E-state index in [-0.39, 0.29) is 11.6 Å². The van der Waals surface area contributed by atoms with E-state index >= 15 is 0 Å². The molecule has 5 nitrogen and oxygen atoms in total. The summed E-state index contributed by atoms with van der Waals surface area (Å²) in [6, 6.07) is 12.3. The number of nitrogens with one attached hydrogen (secondary N) is 1. The third-order valence-corrected chi connectivity index (χ3v) is 10.1. The lowest BCUT2D eigenvalue weighted by Gasteiger charge is -2.39. The van der Waals surface area contributed by atoms with Gasteiger partial charge in [-0.3, -0.25) is 4.79 Å². The standard InChI is InChI=1S/C39H60FN3O2/c1-2-3-4-5-6-7-8-9-10-11-12-13-14-15-26-41-27-30-43-36-25-29-42(31-35(36)34-18-16-19-38(45)39(34)43)28-17-20-37(44)32-21-23-33(40)24-22-32/h16,18-19,21-24,35-36,41,45H,2-15,17,20,25-31H2,1H3. The number of anilines is 1. The van der Waals surface area contributed by atoms with Crippen LogP contribution in [0.2, 0.25) is 0 Å². The molecule has 0 aliphatic carbocycles. The van der Waals surface area contributed by atoms with Crippen LogP contribution in [0.5, 0.6) is 5.75 Å². The normalized spacial score (nSPS) is 17.9. The Balaban J connectivity index is 1.08. The quantitative estimate of drug-likeness (QED) is 0.0957. The average Bonchev–Trinajstić information content (AvgIpc) is 3.36. The Labute approximate surface area is 273 Å². The van der Waals surface area contributed by atoms with Crippen molar-refractivity contribution in [2.24, 2.45) is 0 Å². The van der Waals surface area contributed by atoms with E-state index in [1.165, 1.54) is 108 Å². The first kappa shape index (κ1) is 35.4. The minimum Gasteiger partial charge on any atom is -0.506 e. The number of rotatable bonds is 23. The number of hydrogen-bond donors (Lipinski definition) is 2. The van der Waals surface area contributed by atoms with Crippen molar-refractivity contribution in [3.63, 3.8) is 0 Å². The van der Waals surface area contributed by atoms with Gasteiger partial charge in [-0.2, -0.15) is 0 Å². The number of fused-ring (bicyclic) bond motifs is 3. The first-order chi connectivity index (χ1) is 22.1. The molecule has 0 bridgehead atoms. The number of benzene rings is 2. The van der Waals surface area contributed by atoms with Gasteiger partial charge in [-0.05, 0) is 68.2 Å². The third-order valence-electron chi connectivity index (χ3n) is 10.1. The lowest BCUT2D eigenvalue weighted by Crippen LogP contribution is -2.48. The summed E-state index contributed by atoms with van der Waals surface area (Å²) in [5.41, 5.74) is 2.88. The summed E-state index contributed by atoms with van der Waals surface area (Å²) in [6.07, 6.45) is 21.8. The second-order valence-electron chi connectivity index (χ2n) is 13.6. The van der Waals surface area contributed by atoms with Crippen LogP contribution < -0.4 is 10.2 Å². The second-order valence-corrected chi connectivity index (χ2v) is 13.6. The molecule has 4 rings (SSSR count). The van der Waals surface area contributed by atoms with E-state index in [2.05, 4.69) is 28.1 Å². The Morgan fingerprint density at radius 3 is 2.13 bits per heavy atom. The fourth-order valence-corrected chi connectivity index (χ4v) is 7.51. The zero-order valence-electron chi connectivity index (χ0n) is 28.1. The van der Waals surface area contributed by atoms with Crippen LogP contribution in [0.15, 0.2) is 42.5 Å². The summed E-state index contributed by atoms with van der Waals surface area (Å²) < 4.78 is 13.2. The number of carbonyl (C=O) groups is 1. The molecule has 0 aromatic heterocycles. The van der Waals surface area contributed by atoms with Gasteiger partial charge in [0.1, 0.15) is 11.6 Å². The monoisotopic (exact) mass is 621 g/mol. The number of phenols is 1. The molecular weight excluding hydrogens is 561 g/mol. The predicted octanol–water partition coefficient (Wildman–Crippen LogP) is 9.24. The van der Waals surface area contributed by atoms with Crippen LogP contribution in [0, 0.1) is 5.82 Å². The number of carbonyl (C=O) groups excluding carboxylic acids is 1. The third kappa shape index (κ3) is 11.4. The molecule has 0 amide bonds. The summed E-state index contributed by atoms with van der Waals surface area (Å²) >= 11 is 0. The maximum absolute atomic E-state index is 13.2. The van der Waals surface area contributed by atoms with Crippen LogP contribution in [-0.4, -0.2) is 61.1 Å². The average molecular weight is 622 g/mol. The number of para-hydroxylation sites is 1. The molecule has 2 unspecified atom stereocenters. The number of hydrogen-bond acceptors (Lipinski definition) is 5. The lowest BCUT2D eigenvalue weighted by molar-refractivity contribution is 0.0971. The van der Waals surface area contributed by atoms with Crippen LogP contribution in [0.1, 0.15) is 138 Å². The van der Waals surface area contributed by atoms with Crippen LogP contribution in [0.4, 0.5) is 10.1 Å². The zero-order valence-corrected chi connectivity index (χ0v) is 28.1. The van der Waals surface area contributed by atoms with Gasteiger partial charge in [-0.15, -0.1) is 0 Å². The molecule has 2 aromatic rings. The molecule has 2 aliphatic rings. The molecule has 0 radical (unpaired) electrons. The first-order valence-electron chi connectivity index (χ1n) is 18.4. The Kier molecular flexibility index (Phi) is 15.7. The Bertz CT molecular complexity index is 1120. The topological polar surface area (TPSA) is 55.8 Å². The molecule has 0 spiro atoms. The van der Waals surface area contributed by atoms with E-state index in [0.717, 1.165) is 57.8 Å². The largest absolute Gasteiger partial charge is 0.506 e. The smallest absolute Gasteiger partial charge is 0.162 e. The molecule has 45 heavy (non-hydrogen) atoms. The predicted molar refractivity (Wildman–Crippen MR) is 186 cm³/mol. The molecule has 2 aromatic carbocycles. The number of Topliss-reactive ketones (excluding diaryl/α,β-unsaturated/α-hetero) is 1. The van der Waals surface area contributed by atoms with Crippen molar-refractivity contribution in [2.75, 3.05) is 44.2 Å². The Hall–Kier alpha value is -2.44. The molecular formula is C39H60FN3O2. The van der Waals surface area contributed by atoms with Gasteiger partial charge in [0, 0.05) is 50.1 Å². The Morgan fingerprint density at radius 2 is 1.47 bits per heavy atom. The first-order valence-corrected chi connectivity index (χ1v) is 18.4. The SMILES string of the molecule is CCCCCCCCCCCCCCCCNCCN1c2c(O)cccc2C2CN(CCCC(=O)c3ccc(F)cc3)CCC21. The highest BCUT2D eigenvalue weighted by Crippen LogP contribution is 2.48. The van der Waals surface area contributed by atoms with Gasteiger partial charge in [0.2, 0.25) is 0 Å². The molecule has 2 aliphatic heterocycles. The van der Waals surface area contributed by atoms with E-state index in [1.54, 1.807) is 12.1 Å². The fourth-order valence-electron chi connectivity index (χ4n) is 7.51. The minimum absolute atomic E-state index is 0.0776. The number of piperidine rings is 1. The lowest BCUT2D eigenvalue weighted by atomic mass is 9.89. The molecule has 1 saturated heterocycles. The van der Waals surface area contributed by atoms with E-state index in [9.17, 15) is 14.3 Å². The molecule has 6 heteroatoms. The highest BCUT2D eigenvalue weighted by atomic mass is 19.1. The molecule has 2 heterocycles.